The van der Waals surface area contributed by atoms with Crippen LogP contribution in [-0.4, -0.2) is 47.6 Å². The molecule has 4 aromatic rings. The zero-order chi connectivity index (χ0) is 27.7. The molecule has 1 atom stereocenters. The number of methoxy groups -OCH3 is 2. The maximum absolute atomic E-state index is 13.8. The first-order chi connectivity index (χ1) is 18.7. The van der Waals surface area contributed by atoms with E-state index < -0.39 is 10.9 Å². The van der Waals surface area contributed by atoms with Gasteiger partial charge in [-0.25, -0.2) is 9.97 Å². The Bertz CT molecular complexity index is 1570. The van der Waals surface area contributed by atoms with Crippen molar-refractivity contribution in [2.75, 3.05) is 26.2 Å². The number of halogens is 1. The number of carbonyl (C=O) groups is 1. The minimum Gasteiger partial charge on any atom is -0.497 e. The van der Waals surface area contributed by atoms with E-state index in [2.05, 4.69) is 4.98 Å². The van der Waals surface area contributed by atoms with Crippen molar-refractivity contribution in [3.8, 4) is 11.5 Å². The molecule has 2 aromatic heterocycles. The number of benzene rings is 2. The lowest BCUT2D eigenvalue weighted by atomic mass is 10.0. The average molecular weight is 567 g/mol. The normalized spacial score (nSPS) is 14.7. The molecule has 2 heterocycles. The molecule has 0 bridgehead atoms. The summed E-state index contributed by atoms with van der Waals surface area (Å²) in [6, 6.07) is 15.0. The second-order valence-corrected chi connectivity index (χ2v) is 11.5. The number of hydrogen-bond acceptors (Lipinski definition) is 8. The number of rotatable bonds is 11. The summed E-state index contributed by atoms with van der Waals surface area (Å²) in [7, 11) is 5.00. The predicted molar refractivity (Wildman–Crippen MR) is 155 cm³/mol. The number of aromatic nitrogens is 3. The molecule has 2 aromatic carbocycles. The highest BCUT2D eigenvalue weighted by Gasteiger charge is 2.47. The van der Waals surface area contributed by atoms with Gasteiger partial charge in [0, 0.05) is 25.1 Å². The first-order valence-electron chi connectivity index (χ1n) is 12.8. The zero-order valence-electron chi connectivity index (χ0n) is 22.4. The number of fused-ring (bicyclic) bond motifs is 1. The third-order valence-electron chi connectivity index (χ3n) is 7.27. The van der Waals surface area contributed by atoms with Crippen molar-refractivity contribution in [3.05, 3.63) is 75.8 Å². The summed E-state index contributed by atoms with van der Waals surface area (Å²) in [6.07, 6.45) is 2.59. The second-order valence-electron chi connectivity index (χ2n) is 9.86. The Morgan fingerprint density at radius 3 is 2.56 bits per heavy atom. The van der Waals surface area contributed by atoms with Gasteiger partial charge < -0.3 is 14.4 Å². The highest BCUT2D eigenvalue weighted by molar-refractivity contribution is 7.21. The van der Waals surface area contributed by atoms with E-state index in [0.717, 1.165) is 24.0 Å². The SMILES string of the molecule is COc1ccc(Cn2c(C3(Cl)CC3)nc3sc(N(C)[C@H](C)C(=O)CCc4ccccc4)nc3c2=O)c(OC)c1. The topological polar surface area (TPSA) is 86.5 Å². The van der Waals surface area contributed by atoms with Crippen molar-refractivity contribution in [3.63, 3.8) is 0 Å². The first-order valence-corrected chi connectivity index (χ1v) is 14.0. The second kappa shape index (κ2) is 11.0. The molecule has 39 heavy (non-hydrogen) atoms. The van der Waals surface area contributed by atoms with Gasteiger partial charge in [-0.1, -0.05) is 41.7 Å². The van der Waals surface area contributed by atoms with E-state index in [1.807, 2.05) is 61.3 Å². The smallest absolute Gasteiger partial charge is 0.281 e. The molecular weight excluding hydrogens is 536 g/mol. The summed E-state index contributed by atoms with van der Waals surface area (Å²) in [5.74, 6) is 1.90. The summed E-state index contributed by atoms with van der Waals surface area (Å²) >= 11 is 8.14. The number of aryl methyl sites for hydroxylation is 1. The highest BCUT2D eigenvalue weighted by Crippen LogP contribution is 2.51. The van der Waals surface area contributed by atoms with Crippen LogP contribution in [0.25, 0.3) is 10.3 Å². The number of anilines is 1. The van der Waals surface area contributed by atoms with Crippen LogP contribution in [-0.2, 0) is 22.6 Å². The van der Waals surface area contributed by atoms with Gasteiger partial charge >= 0.3 is 0 Å². The average Bonchev–Trinajstić information content (AvgIpc) is 3.56. The van der Waals surface area contributed by atoms with E-state index in [-0.39, 0.29) is 23.4 Å². The van der Waals surface area contributed by atoms with Gasteiger partial charge in [-0.3, -0.25) is 14.2 Å². The van der Waals surface area contributed by atoms with E-state index >= 15 is 0 Å². The Morgan fingerprint density at radius 1 is 1.15 bits per heavy atom. The summed E-state index contributed by atoms with van der Waals surface area (Å²) in [4.78, 5) is 38.0. The molecular formula is C29H31ClN4O4S. The maximum atomic E-state index is 13.8. The number of likely N-dealkylation sites (N-methyl/N-ethyl adjacent to an activating group) is 1. The Hall–Kier alpha value is -3.43. The van der Waals surface area contributed by atoms with Gasteiger partial charge in [0.15, 0.2) is 21.3 Å². The Balaban J connectivity index is 1.45. The molecule has 0 unspecified atom stereocenters. The lowest BCUT2D eigenvalue weighted by Crippen LogP contribution is -2.36. The fourth-order valence-corrected chi connectivity index (χ4v) is 5.74. The summed E-state index contributed by atoms with van der Waals surface area (Å²) < 4.78 is 12.5. The largest absolute Gasteiger partial charge is 0.497 e. The third kappa shape index (κ3) is 5.51. The number of Topliss-reactive ketones (excluding diaryl/α,β-unsaturated/α-hetero) is 1. The lowest BCUT2D eigenvalue weighted by molar-refractivity contribution is -0.119. The number of ketones is 1. The molecule has 0 amide bonds. The molecule has 8 nitrogen and oxygen atoms in total. The van der Waals surface area contributed by atoms with Crippen molar-refractivity contribution in [1.29, 1.82) is 0 Å². The van der Waals surface area contributed by atoms with Crippen molar-refractivity contribution < 1.29 is 14.3 Å². The number of alkyl halides is 1. The zero-order valence-corrected chi connectivity index (χ0v) is 24.0. The first kappa shape index (κ1) is 27.1. The number of hydrogen-bond donors (Lipinski definition) is 0. The van der Waals surface area contributed by atoms with E-state index in [0.29, 0.717) is 40.1 Å². The van der Waals surface area contributed by atoms with Gasteiger partial charge in [-0.2, -0.15) is 0 Å². The third-order valence-corrected chi connectivity index (χ3v) is 8.86. The molecule has 1 fully saturated rings. The van der Waals surface area contributed by atoms with Crippen LogP contribution < -0.4 is 19.9 Å². The van der Waals surface area contributed by atoms with Crippen LogP contribution in [0.3, 0.4) is 0 Å². The van der Waals surface area contributed by atoms with Gasteiger partial charge in [-0.05, 0) is 43.9 Å². The van der Waals surface area contributed by atoms with Crippen molar-refractivity contribution in [2.24, 2.45) is 0 Å². The summed E-state index contributed by atoms with van der Waals surface area (Å²) in [5, 5.41) is 0.570. The standard InChI is InChI=1S/C29H31ClN4O4S/c1-18(22(35)13-10-19-8-6-5-7-9-19)33(2)28-31-24-25(39-28)32-27(29(30)14-15-29)34(26(24)36)17-20-11-12-21(37-3)16-23(20)38-4/h5-9,11-12,16,18H,10,13-15,17H2,1-4H3/t18-/m1/s1. The molecule has 1 saturated carbocycles. The molecule has 0 N–H and O–H groups in total. The predicted octanol–water partition coefficient (Wildman–Crippen LogP) is 5.17. The van der Waals surface area contributed by atoms with Crippen LogP contribution in [0.15, 0.2) is 53.3 Å². The minimum atomic E-state index is -0.677. The number of thiazole rings is 1. The van der Waals surface area contributed by atoms with E-state index in [1.165, 1.54) is 11.3 Å². The summed E-state index contributed by atoms with van der Waals surface area (Å²) in [5.41, 5.74) is 1.93. The van der Waals surface area contributed by atoms with Crippen molar-refractivity contribution in [2.45, 2.75) is 50.1 Å². The van der Waals surface area contributed by atoms with Crippen LogP contribution >= 0.6 is 22.9 Å². The minimum absolute atomic E-state index is 0.107. The Kier molecular flexibility index (Phi) is 7.64. The Morgan fingerprint density at radius 2 is 1.90 bits per heavy atom. The number of ether oxygens (including phenoxy) is 2. The van der Waals surface area contributed by atoms with Crippen LogP contribution in [0.5, 0.6) is 11.5 Å². The number of carbonyl (C=O) groups excluding carboxylic acids is 1. The van der Waals surface area contributed by atoms with E-state index in [1.54, 1.807) is 24.9 Å². The molecule has 5 rings (SSSR count). The van der Waals surface area contributed by atoms with Gasteiger partial charge in [0.25, 0.3) is 5.56 Å². The maximum Gasteiger partial charge on any atom is 0.281 e. The molecule has 0 saturated heterocycles. The van der Waals surface area contributed by atoms with Crippen LogP contribution in [0, 0.1) is 0 Å². The molecule has 1 aliphatic rings. The molecule has 0 aliphatic heterocycles. The van der Waals surface area contributed by atoms with Gasteiger partial charge in [0.05, 0.1) is 26.8 Å². The van der Waals surface area contributed by atoms with Crippen LogP contribution in [0.2, 0.25) is 0 Å². The highest BCUT2D eigenvalue weighted by atomic mass is 35.5. The Labute approximate surface area is 236 Å². The number of nitrogens with zero attached hydrogens (tertiary/aromatic N) is 4. The van der Waals surface area contributed by atoms with Crippen LogP contribution in [0.1, 0.15) is 43.1 Å². The van der Waals surface area contributed by atoms with Gasteiger partial charge in [0.2, 0.25) is 0 Å². The molecule has 0 radical (unpaired) electrons. The quantitative estimate of drug-likeness (QED) is 0.231. The van der Waals surface area contributed by atoms with Crippen molar-refractivity contribution in [1.82, 2.24) is 14.5 Å². The fraction of sp³-hybridized carbons (Fsp3) is 0.379. The molecule has 204 valence electrons. The summed E-state index contributed by atoms with van der Waals surface area (Å²) in [6.45, 7) is 2.10. The van der Waals surface area contributed by atoms with E-state index in [9.17, 15) is 9.59 Å². The lowest BCUT2D eigenvalue weighted by Gasteiger charge is -2.22. The molecule has 0 spiro atoms. The van der Waals surface area contributed by atoms with Crippen molar-refractivity contribution >= 4 is 44.2 Å². The molecule has 1 aliphatic carbocycles. The van der Waals surface area contributed by atoms with E-state index in [4.69, 9.17) is 26.1 Å². The van der Waals surface area contributed by atoms with Crippen LogP contribution in [0.4, 0.5) is 5.13 Å². The fourth-order valence-electron chi connectivity index (χ4n) is 4.53. The molecule has 10 heteroatoms. The van der Waals surface area contributed by atoms with Gasteiger partial charge in [-0.15, -0.1) is 11.6 Å². The monoisotopic (exact) mass is 566 g/mol. The van der Waals surface area contributed by atoms with Gasteiger partial charge in [0.1, 0.15) is 22.2 Å².